The molecule has 0 aromatic heterocycles. The van der Waals surface area contributed by atoms with Gasteiger partial charge in [-0.15, -0.1) is 0 Å². The fraction of sp³-hybridized carbons (Fsp3) is 0.800. The first kappa shape index (κ1) is 19.4. The van der Waals surface area contributed by atoms with Crippen LogP contribution in [0.5, 0.6) is 0 Å². The molecule has 0 fully saturated rings. The number of rotatable bonds is 10. The first-order valence-corrected chi connectivity index (χ1v) is 7.34. The fourth-order valence-corrected chi connectivity index (χ4v) is 1.97. The number of hydrogen-bond acceptors (Lipinski definition) is 5. The van der Waals surface area contributed by atoms with Gasteiger partial charge < -0.3 is 10.6 Å². The summed E-state index contributed by atoms with van der Waals surface area (Å²) in [5.74, 6) is -0.0322. The molecule has 0 spiro atoms. The fourth-order valence-electron chi connectivity index (χ4n) is 1.97. The summed E-state index contributed by atoms with van der Waals surface area (Å²) in [7, 11) is 0. The summed E-state index contributed by atoms with van der Waals surface area (Å²) in [5.41, 5.74) is 5.70. The van der Waals surface area contributed by atoms with E-state index in [1.54, 1.807) is 4.90 Å². The Morgan fingerprint density at radius 1 is 1.19 bits per heavy atom. The highest BCUT2D eigenvalue weighted by atomic mass is 16.2. The minimum Gasteiger partial charge on any atom is -0.340 e. The molecule has 0 heterocycles. The summed E-state index contributed by atoms with van der Waals surface area (Å²) >= 11 is 0. The van der Waals surface area contributed by atoms with Crippen molar-refractivity contribution in [1.29, 1.82) is 10.5 Å². The van der Waals surface area contributed by atoms with Crippen LogP contribution in [-0.4, -0.2) is 55.0 Å². The van der Waals surface area contributed by atoms with E-state index in [-0.39, 0.29) is 24.2 Å². The molecule has 0 unspecified atom stereocenters. The van der Waals surface area contributed by atoms with Gasteiger partial charge in [-0.2, -0.15) is 10.5 Å². The van der Waals surface area contributed by atoms with Gasteiger partial charge in [0.1, 0.15) is 0 Å². The summed E-state index contributed by atoms with van der Waals surface area (Å²) in [6.45, 7) is 9.29. The number of nitriles is 2. The summed E-state index contributed by atoms with van der Waals surface area (Å²) in [6.07, 6.45) is 0.579. The van der Waals surface area contributed by atoms with Crippen molar-refractivity contribution < 1.29 is 4.79 Å². The molecule has 2 N–H and O–H groups in total. The number of likely N-dealkylation sites (N-methyl/N-ethyl adjacent to an activating group) is 1. The Hall–Kier alpha value is -1.63. The molecule has 6 nitrogen and oxygen atoms in total. The SMILES string of the molecule is CCN(CC(=O)N(CCC#N)CCC#N)CC(C)(C)CN. The number of carbonyl (C=O) groups excluding carboxylic acids is 1. The van der Waals surface area contributed by atoms with Gasteiger partial charge in [-0.05, 0) is 18.5 Å². The predicted molar refractivity (Wildman–Crippen MR) is 82.0 cm³/mol. The van der Waals surface area contributed by atoms with E-state index in [1.165, 1.54) is 0 Å². The largest absolute Gasteiger partial charge is 0.340 e. The Bertz CT molecular complexity index is 376. The average molecular weight is 293 g/mol. The highest BCUT2D eigenvalue weighted by Crippen LogP contribution is 2.14. The molecule has 0 saturated carbocycles. The van der Waals surface area contributed by atoms with Crippen molar-refractivity contribution in [2.24, 2.45) is 11.1 Å². The molecule has 0 aliphatic carbocycles. The Balaban J connectivity index is 4.62. The number of nitrogens with two attached hydrogens (primary N) is 1. The second-order valence-corrected chi connectivity index (χ2v) is 5.87. The Kier molecular flexibility index (Phi) is 9.36. The van der Waals surface area contributed by atoms with Gasteiger partial charge in [0, 0.05) is 19.6 Å². The van der Waals surface area contributed by atoms with Crippen LogP contribution in [-0.2, 0) is 4.79 Å². The van der Waals surface area contributed by atoms with Crippen molar-refractivity contribution >= 4 is 5.91 Å². The molecule has 0 bridgehead atoms. The molecule has 1 amide bonds. The summed E-state index contributed by atoms with van der Waals surface area (Å²) < 4.78 is 0. The van der Waals surface area contributed by atoms with Gasteiger partial charge in [-0.3, -0.25) is 9.69 Å². The van der Waals surface area contributed by atoms with Gasteiger partial charge in [0.05, 0.1) is 31.5 Å². The van der Waals surface area contributed by atoms with Crippen molar-refractivity contribution in [2.45, 2.75) is 33.6 Å². The van der Waals surface area contributed by atoms with Crippen molar-refractivity contribution in [2.75, 3.05) is 39.3 Å². The standard InChI is InChI=1S/C15H27N5O/c1-4-19(13-15(2,3)12-18)11-14(21)20(9-5-7-16)10-6-8-17/h4-6,9-13,18H2,1-3H3. The number of nitrogens with zero attached hydrogens (tertiary/aromatic N) is 4. The maximum atomic E-state index is 12.3. The molecule has 0 aromatic carbocycles. The maximum absolute atomic E-state index is 12.3. The third kappa shape index (κ3) is 8.29. The van der Waals surface area contributed by atoms with Crippen LogP contribution in [0.25, 0.3) is 0 Å². The van der Waals surface area contributed by atoms with Gasteiger partial charge in [0.2, 0.25) is 5.91 Å². The second-order valence-electron chi connectivity index (χ2n) is 5.87. The maximum Gasteiger partial charge on any atom is 0.236 e. The molecule has 0 saturated heterocycles. The van der Waals surface area contributed by atoms with Crippen molar-refractivity contribution in [1.82, 2.24) is 9.80 Å². The quantitative estimate of drug-likeness (QED) is 0.646. The molecule has 0 radical (unpaired) electrons. The van der Waals surface area contributed by atoms with E-state index in [2.05, 4.69) is 18.7 Å². The lowest BCUT2D eigenvalue weighted by Crippen LogP contribution is -2.45. The van der Waals surface area contributed by atoms with Gasteiger partial charge in [0.25, 0.3) is 0 Å². The monoisotopic (exact) mass is 293 g/mol. The van der Waals surface area contributed by atoms with Gasteiger partial charge in [-0.25, -0.2) is 0 Å². The summed E-state index contributed by atoms with van der Waals surface area (Å²) in [5, 5.41) is 17.3. The first-order valence-electron chi connectivity index (χ1n) is 7.34. The van der Waals surface area contributed by atoms with Crippen LogP contribution in [0.2, 0.25) is 0 Å². The van der Waals surface area contributed by atoms with Crippen molar-refractivity contribution in [3.8, 4) is 12.1 Å². The lowest BCUT2D eigenvalue weighted by molar-refractivity contribution is -0.132. The Labute approximate surface area is 128 Å². The minimum atomic E-state index is -0.0412. The molecule has 0 atom stereocenters. The van der Waals surface area contributed by atoms with Crippen LogP contribution in [0.1, 0.15) is 33.6 Å². The lowest BCUT2D eigenvalue weighted by atomic mass is 9.93. The van der Waals surface area contributed by atoms with E-state index in [1.807, 2.05) is 19.1 Å². The Morgan fingerprint density at radius 3 is 2.10 bits per heavy atom. The van der Waals surface area contributed by atoms with Gasteiger partial charge in [-0.1, -0.05) is 20.8 Å². The highest BCUT2D eigenvalue weighted by molar-refractivity contribution is 5.78. The third-order valence-electron chi connectivity index (χ3n) is 3.35. The number of hydrogen-bond donors (Lipinski definition) is 1. The van der Waals surface area contributed by atoms with E-state index in [0.29, 0.717) is 26.2 Å². The molecule has 0 aliphatic heterocycles. The van der Waals surface area contributed by atoms with E-state index in [9.17, 15) is 4.79 Å². The van der Waals surface area contributed by atoms with Gasteiger partial charge >= 0.3 is 0 Å². The molecule has 118 valence electrons. The number of carbonyl (C=O) groups is 1. The zero-order valence-electron chi connectivity index (χ0n) is 13.4. The zero-order chi connectivity index (χ0) is 16.3. The highest BCUT2D eigenvalue weighted by Gasteiger charge is 2.22. The molecule has 0 rings (SSSR count). The van der Waals surface area contributed by atoms with Crippen LogP contribution in [0, 0.1) is 28.1 Å². The topological polar surface area (TPSA) is 97.1 Å². The lowest BCUT2D eigenvalue weighted by Gasteiger charge is -2.32. The van der Waals surface area contributed by atoms with Crippen molar-refractivity contribution in [3.63, 3.8) is 0 Å². The van der Waals surface area contributed by atoms with Crippen LogP contribution >= 0.6 is 0 Å². The normalized spacial score (nSPS) is 11.0. The van der Waals surface area contributed by atoms with E-state index < -0.39 is 0 Å². The molecular weight excluding hydrogens is 266 g/mol. The molecule has 21 heavy (non-hydrogen) atoms. The summed E-state index contributed by atoms with van der Waals surface area (Å²) in [4.78, 5) is 16.0. The van der Waals surface area contributed by atoms with Crippen LogP contribution in [0.15, 0.2) is 0 Å². The third-order valence-corrected chi connectivity index (χ3v) is 3.35. The minimum absolute atomic E-state index is 0.0322. The zero-order valence-corrected chi connectivity index (χ0v) is 13.4. The van der Waals surface area contributed by atoms with Crippen LogP contribution in [0.4, 0.5) is 0 Å². The smallest absolute Gasteiger partial charge is 0.236 e. The molecular formula is C15H27N5O. The molecule has 0 aromatic rings. The average Bonchev–Trinajstić information content (AvgIpc) is 2.46. The van der Waals surface area contributed by atoms with E-state index in [0.717, 1.165) is 13.1 Å². The first-order chi connectivity index (χ1) is 9.90. The van der Waals surface area contributed by atoms with Crippen LogP contribution in [0.3, 0.4) is 0 Å². The summed E-state index contributed by atoms with van der Waals surface area (Å²) in [6, 6.07) is 4.07. The van der Waals surface area contributed by atoms with Crippen LogP contribution < -0.4 is 5.73 Å². The Morgan fingerprint density at radius 2 is 1.71 bits per heavy atom. The van der Waals surface area contributed by atoms with Gasteiger partial charge in [0.15, 0.2) is 0 Å². The number of amides is 1. The van der Waals surface area contributed by atoms with Crippen molar-refractivity contribution in [3.05, 3.63) is 0 Å². The predicted octanol–water partition coefficient (Wildman–Crippen LogP) is 0.949. The van der Waals surface area contributed by atoms with E-state index >= 15 is 0 Å². The molecule has 6 heteroatoms. The second kappa shape index (κ2) is 10.1. The van der Waals surface area contributed by atoms with E-state index in [4.69, 9.17) is 16.3 Å². The molecule has 0 aliphatic rings.